The van der Waals surface area contributed by atoms with Crippen LogP contribution in [0.25, 0.3) is 0 Å². The van der Waals surface area contributed by atoms with Gasteiger partial charge in [-0.2, -0.15) is 5.10 Å². The molecule has 0 bridgehead atoms. The molecule has 1 saturated carbocycles. The Bertz CT molecular complexity index is 361. The van der Waals surface area contributed by atoms with Crippen LogP contribution in [0.2, 0.25) is 0 Å². The maximum Gasteiger partial charge on any atom is 0.0571 e. The molecule has 1 heterocycles. The molecule has 1 aromatic heterocycles. The third-order valence-corrected chi connectivity index (χ3v) is 4.26. The maximum absolute atomic E-state index is 10.2. The molecule has 3 atom stereocenters. The zero-order chi connectivity index (χ0) is 13.0. The summed E-state index contributed by atoms with van der Waals surface area (Å²) in [6.45, 7) is 5.28. The van der Waals surface area contributed by atoms with E-state index in [2.05, 4.69) is 25.1 Å². The summed E-state index contributed by atoms with van der Waals surface area (Å²) in [4.78, 5) is 0. The molecule has 1 aromatic rings. The van der Waals surface area contributed by atoms with Crippen LogP contribution in [0.15, 0.2) is 12.4 Å². The minimum atomic E-state index is -0.108. The Morgan fingerprint density at radius 2 is 2.22 bits per heavy atom. The first kappa shape index (κ1) is 13.6. The molecule has 1 aliphatic carbocycles. The summed E-state index contributed by atoms with van der Waals surface area (Å²) < 4.78 is 1.97. The van der Waals surface area contributed by atoms with Crippen molar-refractivity contribution >= 4 is 0 Å². The van der Waals surface area contributed by atoms with E-state index in [1.54, 1.807) is 0 Å². The Hall–Kier alpha value is -0.830. The van der Waals surface area contributed by atoms with E-state index in [0.29, 0.717) is 5.92 Å². The van der Waals surface area contributed by atoms with Gasteiger partial charge in [0.05, 0.1) is 12.3 Å². The van der Waals surface area contributed by atoms with Crippen LogP contribution in [0, 0.1) is 11.8 Å². The molecular weight excluding hydrogens is 224 g/mol. The minimum Gasteiger partial charge on any atom is -0.393 e. The summed E-state index contributed by atoms with van der Waals surface area (Å²) in [5.74, 6) is 1.26. The molecule has 0 saturated heterocycles. The largest absolute Gasteiger partial charge is 0.393 e. The molecule has 0 radical (unpaired) electrons. The zero-order valence-electron chi connectivity index (χ0n) is 11.7. The van der Waals surface area contributed by atoms with E-state index in [9.17, 15) is 5.11 Å². The number of aliphatic hydroxyl groups is 1. The summed E-state index contributed by atoms with van der Waals surface area (Å²) in [5.41, 5.74) is 1.28. The monoisotopic (exact) mass is 250 g/mol. The number of hydrogen-bond acceptors (Lipinski definition) is 2. The first-order chi connectivity index (χ1) is 8.72. The number of aliphatic hydroxyl groups excluding tert-OH is 1. The van der Waals surface area contributed by atoms with Gasteiger partial charge in [0.25, 0.3) is 0 Å². The zero-order valence-corrected chi connectivity index (χ0v) is 11.7. The van der Waals surface area contributed by atoms with Crippen LogP contribution < -0.4 is 0 Å². The van der Waals surface area contributed by atoms with Gasteiger partial charge in [-0.25, -0.2) is 0 Å². The first-order valence-corrected chi connectivity index (χ1v) is 7.42. The molecule has 1 N–H and O–H groups in total. The predicted molar refractivity (Wildman–Crippen MR) is 73.4 cm³/mol. The molecule has 1 aliphatic rings. The lowest BCUT2D eigenvalue weighted by atomic mass is 9.75. The molecule has 0 amide bonds. The highest BCUT2D eigenvalue weighted by atomic mass is 16.3. The normalized spacial score (nSPS) is 28.5. The third kappa shape index (κ3) is 3.35. The van der Waals surface area contributed by atoms with Crippen LogP contribution in [-0.2, 0) is 13.0 Å². The van der Waals surface area contributed by atoms with E-state index in [-0.39, 0.29) is 6.10 Å². The Labute approximate surface area is 110 Å². The molecule has 2 rings (SSSR count). The summed E-state index contributed by atoms with van der Waals surface area (Å²) in [5, 5.41) is 14.5. The fraction of sp³-hybridized carbons (Fsp3) is 0.800. The van der Waals surface area contributed by atoms with E-state index < -0.39 is 0 Å². The molecule has 0 spiro atoms. The molecule has 18 heavy (non-hydrogen) atoms. The van der Waals surface area contributed by atoms with Gasteiger partial charge in [-0.1, -0.05) is 19.8 Å². The third-order valence-electron chi connectivity index (χ3n) is 4.26. The fourth-order valence-corrected chi connectivity index (χ4v) is 3.22. The average molecular weight is 250 g/mol. The summed E-state index contributed by atoms with van der Waals surface area (Å²) in [7, 11) is 0. The van der Waals surface area contributed by atoms with Gasteiger partial charge in [-0.3, -0.25) is 4.68 Å². The van der Waals surface area contributed by atoms with Gasteiger partial charge in [-0.15, -0.1) is 0 Å². The quantitative estimate of drug-likeness (QED) is 0.872. The van der Waals surface area contributed by atoms with Gasteiger partial charge in [-0.05, 0) is 50.0 Å². The van der Waals surface area contributed by atoms with Crippen molar-refractivity contribution in [3.05, 3.63) is 18.0 Å². The van der Waals surface area contributed by atoms with Gasteiger partial charge < -0.3 is 5.11 Å². The predicted octanol–water partition coefficient (Wildman–Crippen LogP) is 3.02. The molecule has 102 valence electrons. The highest BCUT2D eigenvalue weighted by Gasteiger charge is 2.28. The Morgan fingerprint density at radius 1 is 1.39 bits per heavy atom. The van der Waals surface area contributed by atoms with E-state index >= 15 is 0 Å². The number of hydrogen-bond donors (Lipinski definition) is 1. The van der Waals surface area contributed by atoms with Crippen molar-refractivity contribution in [3.8, 4) is 0 Å². The van der Waals surface area contributed by atoms with Gasteiger partial charge in [0.2, 0.25) is 0 Å². The van der Waals surface area contributed by atoms with Crippen molar-refractivity contribution in [2.24, 2.45) is 11.8 Å². The van der Waals surface area contributed by atoms with Crippen molar-refractivity contribution < 1.29 is 5.11 Å². The fourth-order valence-electron chi connectivity index (χ4n) is 3.22. The molecule has 0 aliphatic heterocycles. The lowest BCUT2D eigenvalue weighted by molar-refractivity contribution is 0.0463. The second-order valence-corrected chi connectivity index (χ2v) is 5.70. The highest BCUT2D eigenvalue weighted by Crippen LogP contribution is 2.34. The van der Waals surface area contributed by atoms with Crippen molar-refractivity contribution in [2.45, 2.75) is 65.0 Å². The summed E-state index contributed by atoms with van der Waals surface area (Å²) in [6, 6.07) is 0. The van der Waals surface area contributed by atoms with Gasteiger partial charge >= 0.3 is 0 Å². The number of aromatic nitrogens is 2. The van der Waals surface area contributed by atoms with Crippen LogP contribution in [0.1, 0.15) is 51.5 Å². The second kappa shape index (κ2) is 6.37. The average Bonchev–Trinajstić information content (AvgIpc) is 2.81. The smallest absolute Gasteiger partial charge is 0.0571 e. The van der Waals surface area contributed by atoms with Crippen LogP contribution in [0.5, 0.6) is 0 Å². The van der Waals surface area contributed by atoms with Crippen LogP contribution >= 0.6 is 0 Å². The SMILES string of the molecule is CCCC1CCC(O)C(Cc2cnn(CC)c2)C1. The number of aryl methyl sites for hydroxylation is 1. The van der Waals surface area contributed by atoms with E-state index in [0.717, 1.165) is 25.3 Å². The van der Waals surface area contributed by atoms with E-state index in [1.165, 1.54) is 31.2 Å². The van der Waals surface area contributed by atoms with Crippen molar-refractivity contribution in [3.63, 3.8) is 0 Å². The van der Waals surface area contributed by atoms with Crippen molar-refractivity contribution in [2.75, 3.05) is 0 Å². The minimum absolute atomic E-state index is 0.108. The molecule has 1 fully saturated rings. The Kier molecular flexibility index (Phi) is 4.81. The van der Waals surface area contributed by atoms with Crippen LogP contribution in [0.3, 0.4) is 0 Å². The lowest BCUT2D eigenvalue weighted by Gasteiger charge is -2.33. The Morgan fingerprint density at radius 3 is 2.89 bits per heavy atom. The number of nitrogens with zero attached hydrogens (tertiary/aromatic N) is 2. The molecular formula is C15H26N2O. The number of rotatable bonds is 5. The first-order valence-electron chi connectivity index (χ1n) is 7.42. The van der Waals surface area contributed by atoms with Crippen LogP contribution in [0.4, 0.5) is 0 Å². The lowest BCUT2D eigenvalue weighted by Crippen LogP contribution is -2.30. The van der Waals surface area contributed by atoms with Crippen molar-refractivity contribution in [1.82, 2.24) is 9.78 Å². The maximum atomic E-state index is 10.2. The standard InChI is InChI=1S/C15H26N2O/c1-3-5-12-6-7-15(18)14(8-12)9-13-10-16-17(4-2)11-13/h10-12,14-15,18H,3-9H2,1-2H3. The van der Waals surface area contributed by atoms with E-state index in [4.69, 9.17) is 0 Å². The summed E-state index contributed by atoms with van der Waals surface area (Å²) in [6.07, 6.45) is 10.9. The van der Waals surface area contributed by atoms with Gasteiger partial charge in [0, 0.05) is 12.7 Å². The molecule has 0 aromatic carbocycles. The van der Waals surface area contributed by atoms with Gasteiger partial charge in [0.1, 0.15) is 0 Å². The van der Waals surface area contributed by atoms with Gasteiger partial charge in [0.15, 0.2) is 0 Å². The van der Waals surface area contributed by atoms with Crippen molar-refractivity contribution in [1.29, 1.82) is 0 Å². The highest BCUT2D eigenvalue weighted by molar-refractivity contribution is 5.06. The Balaban J connectivity index is 1.93. The molecule has 3 nitrogen and oxygen atoms in total. The summed E-state index contributed by atoms with van der Waals surface area (Å²) >= 11 is 0. The molecule has 3 unspecified atom stereocenters. The van der Waals surface area contributed by atoms with E-state index in [1.807, 2.05) is 10.9 Å². The molecule has 3 heteroatoms. The topological polar surface area (TPSA) is 38.1 Å². The second-order valence-electron chi connectivity index (χ2n) is 5.70. The van der Waals surface area contributed by atoms with Crippen LogP contribution in [-0.4, -0.2) is 21.0 Å².